The summed E-state index contributed by atoms with van der Waals surface area (Å²) in [6.07, 6.45) is 3.04. The highest BCUT2D eigenvalue weighted by molar-refractivity contribution is 7.84. The lowest BCUT2D eigenvalue weighted by molar-refractivity contribution is 0.0656. The highest BCUT2D eigenvalue weighted by atomic mass is 32.2. The van der Waals surface area contributed by atoms with Gasteiger partial charge in [-0.15, -0.1) is 0 Å². The normalized spacial score (nSPS) is 28.8. The van der Waals surface area contributed by atoms with Gasteiger partial charge in [-0.3, -0.25) is 9.11 Å². The van der Waals surface area contributed by atoms with Crippen LogP contribution in [-0.4, -0.2) is 52.3 Å². The van der Waals surface area contributed by atoms with Crippen LogP contribution in [0.15, 0.2) is 0 Å². The number of nitrogens with zero attached hydrogens (tertiary/aromatic N) is 1. The standard InChI is InChI=1S/C15H32N2OS/c1-11(2)7-14-9-17(13(5)10-19(6)18)15(8-16-14)12(3)4/h11-16H,7-10H2,1-6H3. The summed E-state index contributed by atoms with van der Waals surface area (Å²) >= 11 is 0. The first-order valence-corrected chi connectivity index (χ1v) is 9.33. The number of hydrogen-bond donors (Lipinski definition) is 1. The summed E-state index contributed by atoms with van der Waals surface area (Å²) in [7, 11) is -0.710. The van der Waals surface area contributed by atoms with Gasteiger partial charge in [0.25, 0.3) is 0 Å². The van der Waals surface area contributed by atoms with E-state index in [2.05, 4.69) is 44.8 Å². The van der Waals surface area contributed by atoms with Gasteiger partial charge in [-0.25, -0.2) is 0 Å². The average Bonchev–Trinajstić information content (AvgIpc) is 2.26. The summed E-state index contributed by atoms with van der Waals surface area (Å²) < 4.78 is 11.5. The van der Waals surface area contributed by atoms with Crippen molar-refractivity contribution in [2.24, 2.45) is 11.8 Å². The van der Waals surface area contributed by atoms with E-state index in [4.69, 9.17) is 0 Å². The van der Waals surface area contributed by atoms with Gasteiger partial charge in [0.2, 0.25) is 0 Å². The second kappa shape index (κ2) is 7.75. The van der Waals surface area contributed by atoms with Gasteiger partial charge in [-0.05, 0) is 25.2 Å². The van der Waals surface area contributed by atoms with Crippen molar-refractivity contribution in [3.05, 3.63) is 0 Å². The molecule has 0 spiro atoms. The molecule has 4 heteroatoms. The quantitative estimate of drug-likeness (QED) is 0.812. The fourth-order valence-electron chi connectivity index (χ4n) is 3.15. The molecule has 0 aromatic carbocycles. The molecular weight excluding hydrogens is 256 g/mol. The maximum atomic E-state index is 11.5. The molecule has 1 fully saturated rings. The van der Waals surface area contributed by atoms with E-state index in [9.17, 15) is 4.21 Å². The average molecular weight is 289 g/mol. The molecule has 1 N–H and O–H groups in total. The minimum Gasteiger partial charge on any atom is -0.311 e. The second-order valence-corrected chi connectivity index (χ2v) is 8.31. The fourth-order valence-corrected chi connectivity index (χ4v) is 4.02. The van der Waals surface area contributed by atoms with E-state index >= 15 is 0 Å². The van der Waals surface area contributed by atoms with E-state index in [0.717, 1.165) is 24.8 Å². The third-order valence-electron chi connectivity index (χ3n) is 4.04. The molecule has 0 aliphatic carbocycles. The third-order valence-corrected chi connectivity index (χ3v) is 4.99. The maximum Gasteiger partial charge on any atom is 0.0385 e. The van der Waals surface area contributed by atoms with E-state index < -0.39 is 10.8 Å². The molecule has 3 nitrogen and oxygen atoms in total. The van der Waals surface area contributed by atoms with Crippen LogP contribution in [0.5, 0.6) is 0 Å². The summed E-state index contributed by atoms with van der Waals surface area (Å²) in [5.74, 6) is 2.16. The molecule has 0 saturated carbocycles. The largest absolute Gasteiger partial charge is 0.311 e. The summed E-state index contributed by atoms with van der Waals surface area (Å²) in [6, 6.07) is 1.57. The molecular formula is C15H32N2OS. The molecule has 0 aromatic rings. The molecule has 114 valence electrons. The van der Waals surface area contributed by atoms with E-state index in [1.54, 1.807) is 0 Å². The van der Waals surface area contributed by atoms with Crippen molar-refractivity contribution in [2.45, 2.75) is 59.2 Å². The van der Waals surface area contributed by atoms with Crippen LogP contribution in [0.3, 0.4) is 0 Å². The lowest BCUT2D eigenvalue weighted by Gasteiger charge is -2.45. The lowest BCUT2D eigenvalue weighted by Crippen LogP contribution is -2.61. The van der Waals surface area contributed by atoms with Gasteiger partial charge in [0.15, 0.2) is 0 Å². The molecule has 1 rings (SSSR count). The van der Waals surface area contributed by atoms with Crippen molar-refractivity contribution in [1.82, 2.24) is 10.2 Å². The molecule has 0 radical (unpaired) electrons. The highest BCUT2D eigenvalue weighted by Gasteiger charge is 2.33. The van der Waals surface area contributed by atoms with E-state index in [1.807, 2.05) is 6.26 Å². The van der Waals surface area contributed by atoms with E-state index in [-0.39, 0.29) is 0 Å². The Morgan fingerprint density at radius 3 is 2.37 bits per heavy atom. The van der Waals surface area contributed by atoms with Crippen molar-refractivity contribution in [3.8, 4) is 0 Å². The Morgan fingerprint density at radius 2 is 1.89 bits per heavy atom. The minimum atomic E-state index is -0.710. The summed E-state index contributed by atoms with van der Waals surface area (Å²) in [4.78, 5) is 2.59. The molecule has 1 aliphatic rings. The van der Waals surface area contributed by atoms with Crippen LogP contribution in [0.1, 0.15) is 41.0 Å². The molecule has 0 aromatic heterocycles. The molecule has 4 atom stereocenters. The van der Waals surface area contributed by atoms with Crippen LogP contribution in [0, 0.1) is 11.8 Å². The van der Waals surface area contributed by atoms with Gasteiger partial charge in [-0.1, -0.05) is 27.7 Å². The van der Waals surface area contributed by atoms with Crippen LogP contribution in [-0.2, 0) is 10.8 Å². The van der Waals surface area contributed by atoms with Crippen molar-refractivity contribution in [2.75, 3.05) is 25.1 Å². The number of nitrogens with one attached hydrogen (secondary N) is 1. The van der Waals surface area contributed by atoms with Crippen LogP contribution in [0.4, 0.5) is 0 Å². The molecule has 4 unspecified atom stereocenters. The summed E-state index contributed by atoms with van der Waals surface area (Å²) in [5.41, 5.74) is 0. The number of hydrogen-bond acceptors (Lipinski definition) is 3. The second-order valence-electron chi connectivity index (χ2n) is 6.83. The van der Waals surface area contributed by atoms with Gasteiger partial charge in [0.1, 0.15) is 0 Å². The maximum absolute atomic E-state index is 11.5. The van der Waals surface area contributed by atoms with Gasteiger partial charge < -0.3 is 5.32 Å². The SMILES string of the molecule is CC(C)CC1CN(C(C)CS(C)=O)C(C(C)C)CN1. The first-order valence-electron chi connectivity index (χ1n) is 7.60. The van der Waals surface area contributed by atoms with Gasteiger partial charge >= 0.3 is 0 Å². The zero-order valence-corrected chi connectivity index (χ0v) is 14.3. The lowest BCUT2D eigenvalue weighted by atomic mass is 9.94. The van der Waals surface area contributed by atoms with Crippen LogP contribution >= 0.6 is 0 Å². The monoisotopic (exact) mass is 288 g/mol. The molecule has 0 bridgehead atoms. The Balaban J connectivity index is 2.69. The zero-order chi connectivity index (χ0) is 14.6. The predicted molar refractivity (Wildman–Crippen MR) is 85.0 cm³/mol. The molecule has 1 saturated heterocycles. The van der Waals surface area contributed by atoms with Crippen LogP contribution < -0.4 is 5.32 Å². The first kappa shape index (κ1) is 17.1. The van der Waals surface area contributed by atoms with Gasteiger partial charge in [0, 0.05) is 54.0 Å². The Kier molecular flexibility index (Phi) is 6.98. The topological polar surface area (TPSA) is 32.3 Å². The van der Waals surface area contributed by atoms with Crippen LogP contribution in [0.25, 0.3) is 0 Å². The van der Waals surface area contributed by atoms with Gasteiger partial charge in [0.05, 0.1) is 0 Å². The van der Waals surface area contributed by atoms with Crippen molar-refractivity contribution >= 4 is 10.8 Å². The molecule has 1 aliphatic heterocycles. The predicted octanol–water partition coefficient (Wildman–Crippen LogP) is 2.10. The molecule has 0 amide bonds. The molecule has 1 heterocycles. The van der Waals surface area contributed by atoms with E-state index in [0.29, 0.717) is 24.0 Å². The Labute approximate surface area is 122 Å². The van der Waals surface area contributed by atoms with E-state index in [1.165, 1.54) is 6.42 Å². The Morgan fingerprint density at radius 1 is 1.26 bits per heavy atom. The Hall–Kier alpha value is 0.0700. The Bertz CT molecular complexity index is 294. The van der Waals surface area contributed by atoms with Crippen molar-refractivity contribution in [1.29, 1.82) is 0 Å². The van der Waals surface area contributed by atoms with Crippen molar-refractivity contribution < 1.29 is 4.21 Å². The van der Waals surface area contributed by atoms with Gasteiger partial charge in [-0.2, -0.15) is 0 Å². The highest BCUT2D eigenvalue weighted by Crippen LogP contribution is 2.21. The zero-order valence-electron chi connectivity index (χ0n) is 13.5. The fraction of sp³-hybridized carbons (Fsp3) is 1.00. The van der Waals surface area contributed by atoms with Crippen molar-refractivity contribution in [3.63, 3.8) is 0 Å². The first-order chi connectivity index (χ1) is 8.81. The van der Waals surface area contributed by atoms with Crippen LogP contribution in [0.2, 0.25) is 0 Å². The summed E-state index contributed by atoms with van der Waals surface area (Å²) in [5, 5.41) is 3.70. The smallest absolute Gasteiger partial charge is 0.0385 e. The number of rotatable bonds is 6. The number of piperazine rings is 1. The third kappa shape index (κ3) is 5.52. The summed E-state index contributed by atoms with van der Waals surface area (Å²) in [6.45, 7) is 13.5. The minimum absolute atomic E-state index is 0.412. The molecule has 19 heavy (non-hydrogen) atoms.